The second-order valence-electron chi connectivity index (χ2n) is 5.56. The van der Waals surface area contributed by atoms with Gasteiger partial charge >= 0.3 is 0 Å². The molecule has 0 saturated carbocycles. The maximum absolute atomic E-state index is 13.7. The summed E-state index contributed by atoms with van der Waals surface area (Å²) in [4.78, 5) is 14.0. The molecule has 1 aliphatic rings. The molecule has 3 rings (SSSR count). The van der Waals surface area contributed by atoms with E-state index < -0.39 is 17.4 Å². The lowest BCUT2D eigenvalue weighted by atomic mass is 9.99. The van der Waals surface area contributed by atoms with E-state index in [4.69, 9.17) is 0 Å². The number of carbonyl (C=O) groups excluding carboxylic acids is 1. The number of aromatic hydroxyl groups is 1. The molecule has 2 aromatic rings. The summed E-state index contributed by atoms with van der Waals surface area (Å²) in [7, 11) is 0. The number of carbonyl (C=O) groups is 1. The molecular formula is C19H10F2N2O2S2. The van der Waals surface area contributed by atoms with Gasteiger partial charge < -0.3 is 5.11 Å². The number of allylic oxidation sites excluding steroid dienone is 3. The van der Waals surface area contributed by atoms with Gasteiger partial charge in [-0.25, -0.2) is 8.78 Å². The molecule has 8 heteroatoms. The summed E-state index contributed by atoms with van der Waals surface area (Å²) in [6, 6.07) is 6.46. The molecule has 1 aliphatic carbocycles. The molecule has 0 unspecified atom stereocenters. The molecule has 1 heterocycles. The average molecular weight is 400 g/mol. The van der Waals surface area contributed by atoms with E-state index in [-0.39, 0.29) is 33.6 Å². The molecule has 1 aromatic heterocycles. The number of thiophene rings is 1. The van der Waals surface area contributed by atoms with E-state index in [1.807, 2.05) is 6.26 Å². The van der Waals surface area contributed by atoms with Crippen molar-refractivity contribution in [1.82, 2.24) is 0 Å². The molecule has 0 radical (unpaired) electrons. The van der Waals surface area contributed by atoms with Crippen molar-refractivity contribution in [3.63, 3.8) is 0 Å². The Hall–Kier alpha value is -2.94. The van der Waals surface area contributed by atoms with Crippen LogP contribution in [0.2, 0.25) is 0 Å². The number of benzene rings is 1. The molecule has 0 amide bonds. The van der Waals surface area contributed by atoms with Gasteiger partial charge in [0.2, 0.25) is 0 Å². The molecule has 134 valence electrons. The Kier molecular flexibility index (Phi) is 5.13. The minimum Gasteiger partial charge on any atom is -0.507 e. The second-order valence-corrected chi connectivity index (χ2v) is 7.60. The van der Waals surface area contributed by atoms with Crippen LogP contribution in [-0.2, 0) is 5.75 Å². The maximum atomic E-state index is 13.7. The summed E-state index contributed by atoms with van der Waals surface area (Å²) in [6.07, 6.45) is 3.31. The van der Waals surface area contributed by atoms with Crippen LogP contribution in [0.15, 0.2) is 29.3 Å². The van der Waals surface area contributed by atoms with Gasteiger partial charge in [-0.15, -0.1) is 11.3 Å². The van der Waals surface area contributed by atoms with Crippen molar-refractivity contribution in [3.05, 3.63) is 61.9 Å². The number of ketones is 1. The summed E-state index contributed by atoms with van der Waals surface area (Å²) in [5.41, 5.74) is -0.510. The highest BCUT2D eigenvalue weighted by Gasteiger charge is 2.34. The van der Waals surface area contributed by atoms with E-state index in [0.717, 1.165) is 12.1 Å². The lowest BCUT2D eigenvalue weighted by molar-refractivity contribution is 0.104. The lowest BCUT2D eigenvalue weighted by Gasteiger charge is -2.02. The zero-order chi connectivity index (χ0) is 19.7. The molecular weight excluding hydrogens is 390 g/mol. The van der Waals surface area contributed by atoms with Crippen LogP contribution in [-0.4, -0.2) is 17.1 Å². The molecule has 0 bridgehead atoms. The van der Waals surface area contributed by atoms with Gasteiger partial charge in [-0.2, -0.15) is 22.3 Å². The highest BCUT2D eigenvalue weighted by Crippen LogP contribution is 2.42. The first-order chi connectivity index (χ1) is 12.9. The highest BCUT2D eigenvalue weighted by atomic mass is 32.2. The number of hydrogen-bond acceptors (Lipinski definition) is 6. The third-order valence-corrected chi connectivity index (χ3v) is 5.76. The van der Waals surface area contributed by atoms with Crippen molar-refractivity contribution in [2.45, 2.75) is 5.75 Å². The Morgan fingerprint density at radius 1 is 1.22 bits per heavy atom. The molecule has 27 heavy (non-hydrogen) atoms. The van der Waals surface area contributed by atoms with Crippen LogP contribution in [0.5, 0.6) is 5.75 Å². The first-order valence-electron chi connectivity index (χ1n) is 7.52. The average Bonchev–Trinajstić information content (AvgIpc) is 3.10. The van der Waals surface area contributed by atoms with Crippen molar-refractivity contribution >= 4 is 40.5 Å². The summed E-state index contributed by atoms with van der Waals surface area (Å²) < 4.78 is 27.3. The van der Waals surface area contributed by atoms with E-state index in [9.17, 15) is 29.2 Å². The van der Waals surface area contributed by atoms with E-state index >= 15 is 0 Å². The monoisotopic (exact) mass is 400 g/mol. The minimum atomic E-state index is -1.19. The Balaban J connectivity index is 2.25. The topological polar surface area (TPSA) is 84.9 Å². The van der Waals surface area contributed by atoms with Crippen molar-refractivity contribution in [1.29, 1.82) is 10.5 Å². The standard InChI is InChI=1S/C19H10F2N2O2S2/c1-26-8-17-16(24)3-10(27-17)2-13-18(9(6-22)7-23)11-4-14(20)15(21)5-12(11)19(13)25/h2-5,24H,8H2,1H3/b13-2-. The summed E-state index contributed by atoms with van der Waals surface area (Å²) in [5, 5.41) is 28.5. The van der Waals surface area contributed by atoms with E-state index in [1.165, 1.54) is 35.2 Å². The van der Waals surface area contributed by atoms with Gasteiger partial charge in [-0.1, -0.05) is 0 Å². The third kappa shape index (κ3) is 3.25. The molecule has 0 aliphatic heterocycles. The first kappa shape index (κ1) is 18.8. The van der Waals surface area contributed by atoms with Crippen LogP contribution in [0, 0.1) is 34.3 Å². The van der Waals surface area contributed by atoms with Gasteiger partial charge in [0, 0.05) is 27.3 Å². The Labute approximate surface area is 161 Å². The number of rotatable bonds is 3. The molecule has 0 fully saturated rings. The number of fused-ring (bicyclic) bond motifs is 1. The van der Waals surface area contributed by atoms with Crippen LogP contribution in [0.4, 0.5) is 8.78 Å². The van der Waals surface area contributed by atoms with Crippen LogP contribution >= 0.6 is 23.1 Å². The summed E-state index contributed by atoms with van der Waals surface area (Å²) in [6.45, 7) is 0. The highest BCUT2D eigenvalue weighted by molar-refractivity contribution is 7.97. The van der Waals surface area contributed by atoms with E-state index in [0.29, 0.717) is 15.5 Å². The van der Waals surface area contributed by atoms with Gasteiger partial charge in [0.05, 0.1) is 4.88 Å². The molecule has 0 atom stereocenters. The van der Waals surface area contributed by atoms with Crippen molar-refractivity contribution in [2.75, 3.05) is 6.26 Å². The quantitative estimate of drug-likeness (QED) is 0.598. The molecule has 4 nitrogen and oxygen atoms in total. The van der Waals surface area contributed by atoms with E-state index in [2.05, 4.69) is 0 Å². The largest absolute Gasteiger partial charge is 0.507 e. The van der Waals surface area contributed by atoms with Gasteiger partial charge in [-0.05, 0) is 36.1 Å². The first-order valence-corrected chi connectivity index (χ1v) is 9.73. The second kappa shape index (κ2) is 7.36. The maximum Gasteiger partial charge on any atom is 0.194 e. The number of nitriles is 2. The van der Waals surface area contributed by atoms with Gasteiger partial charge in [0.1, 0.15) is 23.5 Å². The summed E-state index contributed by atoms with van der Waals surface area (Å²) in [5.74, 6) is -2.32. The normalized spacial score (nSPS) is 14.2. The van der Waals surface area contributed by atoms with Crippen molar-refractivity contribution in [2.24, 2.45) is 0 Å². The van der Waals surface area contributed by atoms with E-state index in [1.54, 1.807) is 12.1 Å². The zero-order valence-electron chi connectivity index (χ0n) is 13.8. The number of thioether (sulfide) groups is 1. The predicted octanol–water partition coefficient (Wildman–Crippen LogP) is 4.68. The van der Waals surface area contributed by atoms with Crippen LogP contribution in [0.25, 0.3) is 11.6 Å². The van der Waals surface area contributed by atoms with Crippen LogP contribution in [0.3, 0.4) is 0 Å². The minimum absolute atomic E-state index is 0.00775. The number of nitrogens with zero attached hydrogens (tertiary/aromatic N) is 2. The lowest BCUT2D eigenvalue weighted by Crippen LogP contribution is -1.97. The fraction of sp³-hybridized carbons (Fsp3) is 0.105. The zero-order valence-corrected chi connectivity index (χ0v) is 15.5. The summed E-state index contributed by atoms with van der Waals surface area (Å²) >= 11 is 2.77. The van der Waals surface area contributed by atoms with Gasteiger partial charge in [0.25, 0.3) is 0 Å². The van der Waals surface area contributed by atoms with Gasteiger partial charge in [-0.3, -0.25) is 4.79 Å². The fourth-order valence-electron chi connectivity index (χ4n) is 2.78. The third-order valence-electron chi connectivity index (χ3n) is 3.93. The number of halogens is 2. The SMILES string of the molecule is CSCc1sc(/C=C2\C(=O)c3cc(F)c(F)cc3C2=C(C#N)C#N)cc1O. The Morgan fingerprint density at radius 2 is 1.85 bits per heavy atom. The smallest absolute Gasteiger partial charge is 0.194 e. The Bertz CT molecular complexity index is 1100. The van der Waals surface area contributed by atoms with Crippen LogP contribution in [0.1, 0.15) is 25.7 Å². The predicted molar refractivity (Wildman–Crippen MR) is 100 cm³/mol. The molecule has 1 N–H and O–H groups in total. The van der Waals surface area contributed by atoms with Gasteiger partial charge in [0.15, 0.2) is 17.4 Å². The number of hydrogen-bond donors (Lipinski definition) is 1. The molecule has 1 aromatic carbocycles. The van der Waals surface area contributed by atoms with Crippen molar-refractivity contribution < 1.29 is 18.7 Å². The fourth-order valence-corrected chi connectivity index (χ4v) is 4.57. The van der Waals surface area contributed by atoms with Crippen LogP contribution < -0.4 is 0 Å². The van der Waals surface area contributed by atoms with Crippen molar-refractivity contribution in [3.8, 4) is 17.9 Å². The Morgan fingerprint density at radius 3 is 2.44 bits per heavy atom. The molecule has 0 spiro atoms. The number of Topliss-reactive ketones (excluding diaryl/α,β-unsaturated/α-hetero) is 1. The molecule has 0 saturated heterocycles.